The number of rotatable bonds is 3. The number of carbonyl (C=O) groups excluding carboxylic acids is 1. The Morgan fingerprint density at radius 3 is 2.43 bits per heavy atom. The molecule has 3 fully saturated rings. The standard InChI is InChI=1S/C16H27NO3S/c18-16(11-13-8-10-21(19,20)12-13)17-9-4-7-15(17)14-5-2-1-3-6-14/h13-15H,1-12H2/t13-,15-/m1/s1. The van der Waals surface area contributed by atoms with E-state index in [4.69, 9.17) is 0 Å². The lowest BCUT2D eigenvalue weighted by atomic mass is 9.83. The van der Waals surface area contributed by atoms with Gasteiger partial charge >= 0.3 is 0 Å². The van der Waals surface area contributed by atoms with E-state index >= 15 is 0 Å². The zero-order valence-electron chi connectivity index (χ0n) is 12.8. The number of likely N-dealkylation sites (tertiary alicyclic amines) is 1. The van der Waals surface area contributed by atoms with Crippen molar-refractivity contribution in [1.82, 2.24) is 4.90 Å². The van der Waals surface area contributed by atoms with Gasteiger partial charge in [-0.3, -0.25) is 4.79 Å². The van der Waals surface area contributed by atoms with Gasteiger partial charge in [0.25, 0.3) is 0 Å². The smallest absolute Gasteiger partial charge is 0.223 e. The van der Waals surface area contributed by atoms with Crippen LogP contribution in [0, 0.1) is 11.8 Å². The van der Waals surface area contributed by atoms with Crippen LogP contribution < -0.4 is 0 Å². The van der Waals surface area contributed by atoms with E-state index in [9.17, 15) is 13.2 Å². The average molecular weight is 313 g/mol. The van der Waals surface area contributed by atoms with Crippen LogP contribution in [0.5, 0.6) is 0 Å². The Kier molecular flexibility index (Phi) is 4.57. The minimum Gasteiger partial charge on any atom is -0.339 e. The predicted molar refractivity (Wildman–Crippen MR) is 82.7 cm³/mol. The van der Waals surface area contributed by atoms with E-state index in [0.717, 1.165) is 19.4 Å². The minimum atomic E-state index is -2.87. The summed E-state index contributed by atoms with van der Waals surface area (Å²) in [5.41, 5.74) is 0. The molecule has 0 aromatic rings. The molecular weight excluding hydrogens is 286 g/mol. The second-order valence-corrected chi connectivity index (χ2v) is 9.40. The maximum Gasteiger partial charge on any atom is 0.223 e. The van der Waals surface area contributed by atoms with Crippen molar-refractivity contribution in [3.63, 3.8) is 0 Å². The monoisotopic (exact) mass is 313 g/mol. The number of carbonyl (C=O) groups is 1. The first-order chi connectivity index (χ1) is 10.1. The molecule has 0 spiro atoms. The van der Waals surface area contributed by atoms with Crippen molar-refractivity contribution < 1.29 is 13.2 Å². The van der Waals surface area contributed by atoms with E-state index in [-0.39, 0.29) is 23.3 Å². The van der Waals surface area contributed by atoms with Gasteiger partial charge in [-0.1, -0.05) is 19.3 Å². The van der Waals surface area contributed by atoms with Gasteiger partial charge in [0, 0.05) is 19.0 Å². The maximum atomic E-state index is 12.6. The number of hydrogen-bond acceptors (Lipinski definition) is 3. The Hall–Kier alpha value is -0.580. The largest absolute Gasteiger partial charge is 0.339 e. The van der Waals surface area contributed by atoms with Crippen LogP contribution in [0.4, 0.5) is 0 Å². The van der Waals surface area contributed by atoms with Crippen molar-refractivity contribution in [2.24, 2.45) is 11.8 Å². The zero-order valence-corrected chi connectivity index (χ0v) is 13.6. The second-order valence-electron chi connectivity index (χ2n) is 7.17. The van der Waals surface area contributed by atoms with Crippen LogP contribution in [0.2, 0.25) is 0 Å². The predicted octanol–water partition coefficient (Wildman–Crippen LogP) is 2.38. The Balaban J connectivity index is 1.58. The molecule has 3 aliphatic rings. The topological polar surface area (TPSA) is 54.5 Å². The first kappa shape index (κ1) is 15.3. The lowest BCUT2D eigenvalue weighted by molar-refractivity contribution is -0.134. The van der Waals surface area contributed by atoms with Crippen molar-refractivity contribution in [2.75, 3.05) is 18.1 Å². The van der Waals surface area contributed by atoms with Crippen LogP contribution in [0.1, 0.15) is 57.8 Å². The molecule has 21 heavy (non-hydrogen) atoms. The highest BCUT2D eigenvalue weighted by molar-refractivity contribution is 7.91. The summed E-state index contributed by atoms with van der Waals surface area (Å²) in [6, 6.07) is 0.441. The average Bonchev–Trinajstić information content (AvgIpc) is 3.06. The van der Waals surface area contributed by atoms with Gasteiger partial charge in [0.15, 0.2) is 9.84 Å². The Bertz CT molecular complexity index is 482. The molecule has 0 N–H and O–H groups in total. The highest BCUT2D eigenvalue weighted by Crippen LogP contribution is 2.35. The van der Waals surface area contributed by atoms with E-state index in [1.807, 2.05) is 0 Å². The summed E-state index contributed by atoms with van der Waals surface area (Å²) in [5, 5.41) is 0. The fourth-order valence-corrected chi connectivity index (χ4v) is 6.37. The first-order valence-corrected chi connectivity index (χ1v) is 10.4. The third-order valence-electron chi connectivity index (χ3n) is 5.60. The summed E-state index contributed by atoms with van der Waals surface area (Å²) in [4.78, 5) is 14.7. The molecule has 0 bridgehead atoms. The highest BCUT2D eigenvalue weighted by atomic mass is 32.2. The van der Waals surface area contributed by atoms with Crippen molar-refractivity contribution >= 4 is 15.7 Å². The number of amides is 1. The summed E-state index contributed by atoms with van der Waals surface area (Å²) >= 11 is 0. The minimum absolute atomic E-state index is 0.0649. The summed E-state index contributed by atoms with van der Waals surface area (Å²) < 4.78 is 23.1. The van der Waals surface area contributed by atoms with Crippen molar-refractivity contribution in [3.8, 4) is 0 Å². The fraction of sp³-hybridized carbons (Fsp3) is 0.938. The maximum absolute atomic E-state index is 12.6. The van der Waals surface area contributed by atoms with Crippen molar-refractivity contribution in [2.45, 2.75) is 63.8 Å². The summed E-state index contributed by atoms with van der Waals surface area (Å²) in [6.45, 7) is 0.888. The molecule has 1 aliphatic carbocycles. The lowest BCUT2D eigenvalue weighted by Gasteiger charge is -2.34. The molecule has 0 aromatic carbocycles. The Labute approximate surface area is 128 Å². The molecule has 0 unspecified atom stereocenters. The van der Waals surface area contributed by atoms with E-state index in [2.05, 4.69) is 4.90 Å². The third-order valence-corrected chi connectivity index (χ3v) is 7.44. The Morgan fingerprint density at radius 1 is 1.00 bits per heavy atom. The van der Waals surface area contributed by atoms with E-state index in [0.29, 0.717) is 24.8 Å². The van der Waals surface area contributed by atoms with Crippen LogP contribution in [0.3, 0.4) is 0 Å². The van der Waals surface area contributed by atoms with Gasteiger partial charge in [0.05, 0.1) is 11.5 Å². The van der Waals surface area contributed by atoms with Gasteiger partial charge < -0.3 is 4.90 Å². The third kappa shape index (κ3) is 3.61. The van der Waals surface area contributed by atoms with Crippen molar-refractivity contribution in [3.05, 3.63) is 0 Å². The van der Waals surface area contributed by atoms with Gasteiger partial charge in [0.2, 0.25) is 5.91 Å². The van der Waals surface area contributed by atoms with E-state index < -0.39 is 9.84 Å². The van der Waals surface area contributed by atoms with Crippen LogP contribution in [-0.2, 0) is 14.6 Å². The van der Waals surface area contributed by atoms with Crippen molar-refractivity contribution in [1.29, 1.82) is 0 Å². The van der Waals surface area contributed by atoms with Gasteiger partial charge in [-0.05, 0) is 43.9 Å². The number of nitrogens with zero attached hydrogens (tertiary/aromatic N) is 1. The second kappa shape index (κ2) is 6.27. The lowest BCUT2D eigenvalue weighted by Crippen LogP contribution is -2.41. The van der Waals surface area contributed by atoms with Crippen LogP contribution in [0.15, 0.2) is 0 Å². The molecule has 1 saturated carbocycles. The van der Waals surface area contributed by atoms with Gasteiger partial charge in [-0.15, -0.1) is 0 Å². The first-order valence-electron chi connectivity index (χ1n) is 8.55. The van der Waals surface area contributed by atoms with Gasteiger partial charge in [-0.2, -0.15) is 0 Å². The molecule has 3 rings (SSSR count). The summed E-state index contributed by atoms with van der Waals surface area (Å²) in [7, 11) is -2.87. The quantitative estimate of drug-likeness (QED) is 0.804. The highest BCUT2D eigenvalue weighted by Gasteiger charge is 2.37. The molecule has 120 valence electrons. The zero-order chi connectivity index (χ0) is 14.9. The molecule has 2 saturated heterocycles. The molecular formula is C16H27NO3S. The Morgan fingerprint density at radius 2 is 1.76 bits per heavy atom. The molecule has 2 heterocycles. The van der Waals surface area contributed by atoms with Crippen LogP contribution in [-0.4, -0.2) is 43.3 Å². The molecule has 1 amide bonds. The summed E-state index contributed by atoms with van der Waals surface area (Å²) in [6.07, 6.45) is 9.90. The molecule has 0 radical (unpaired) electrons. The SMILES string of the molecule is O=C(C[C@H]1CCS(=O)(=O)C1)N1CCC[C@@H]1C1CCCCC1. The number of hydrogen-bond donors (Lipinski definition) is 0. The molecule has 5 heteroatoms. The van der Waals surface area contributed by atoms with Crippen LogP contribution in [0.25, 0.3) is 0 Å². The van der Waals surface area contributed by atoms with Gasteiger partial charge in [0.1, 0.15) is 0 Å². The molecule has 0 aromatic heterocycles. The number of sulfone groups is 1. The normalized spacial score (nSPS) is 33.4. The van der Waals surface area contributed by atoms with E-state index in [1.54, 1.807) is 0 Å². The molecule has 2 aliphatic heterocycles. The molecule has 2 atom stereocenters. The fourth-order valence-electron chi connectivity index (χ4n) is 4.51. The summed E-state index contributed by atoms with van der Waals surface area (Å²) in [5.74, 6) is 1.47. The van der Waals surface area contributed by atoms with E-state index in [1.165, 1.54) is 32.1 Å². The van der Waals surface area contributed by atoms with Crippen LogP contribution >= 0.6 is 0 Å². The van der Waals surface area contributed by atoms with Gasteiger partial charge in [-0.25, -0.2) is 8.42 Å². The molecule has 4 nitrogen and oxygen atoms in total.